The topological polar surface area (TPSA) is 96.5 Å². The summed E-state index contributed by atoms with van der Waals surface area (Å²) >= 11 is 0. The highest BCUT2D eigenvalue weighted by Crippen LogP contribution is 2.29. The average Bonchev–Trinajstić information content (AvgIpc) is 2.53. The van der Waals surface area contributed by atoms with Crippen LogP contribution in [0.4, 0.5) is 5.69 Å². The van der Waals surface area contributed by atoms with Crippen LogP contribution in [0.5, 0.6) is 5.75 Å². The second-order valence-corrected chi connectivity index (χ2v) is 5.38. The van der Waals surface area contributed by atoms with E-state index in [1.807, 2.05) is 6.92 Å². The highest BCUT2D eigenvalue weighted by Gasteiger charge is 2.30. The van der Waals surface area contributed by atoms with Gasteiger partial charge in [-0.1, -0.05) is 19.1 Å². The Hall–Kier alpha value is -2.57. The maximum atomic E-state index is 12.0. The third kappa shape index (κ3) is 4.45. The Morgan fingerprint density at radius 2 is 2.09 bits per heavy atom. The molecule has 0 aliphatic carbocycles. The molecule has 0 radical (unpaired) electrons. The van der Waals surface area contributed by atoms with E-state index in [1.165, 1.54) is 0 Å². The summed E-state index contributed by atoms with van der Waals surface area (Å²) in [6.45, 7) is 4.10. The van der Waals surface area contributed by atoms with Gasteiger partial charge in [0.2, 0.25) is 11.8 Å². The molecule has 2 atom stereocenters. The molecule has 0 saturated heterocycles. The lowest BCUT2D eigenvalue weighted by atomic mass is 10.1. The highest BCUT2D eigenvalue weighted by atomic mass is 16.5. The molecule has 7 nitrogen and oxygen atoms in total. The molecule has 0 saturated carbocycles. The van der Waals surface area contributed by atoms with E-state index in [-0.39, 0.29) is 18.2 Å². The number of hydrogen-bond donors (Lipinski definition) is 3. The number of carbonyl (C=O) groups excluding carboxylic acids is 3. The van der Waals surface area contributed by atoms with Crippen LogP contribution in [0.2, 0.25) is 0 Å². The van der Waals surface area contributed by atoms with Gasteiger partial charge in [-0.15, -0.1) is 0 Å². The summed E-state index contributed by atoms with van der Waals surface area (Å²) in [6, 6.07) is 6.36. The standard InChI is InChI=1S/C16H21N3O4/c1-3-8-17-15(21)10(2)18-14(20)9-13-16(22)19-11-6-4-5-7-12(11)23-13/h4-7,10,13H,3,8-9H2,1-2H3,(H,17,21)(H,18,20)(H,19,22)/t10-,13+/m0/s1. The van der Waals surface area contributed by atoms with Crippen LogP contribution < -0.4 is 20.7 Å². The minimum Gasteiger partial charge on any atom is -0.478 e. The van der Waals surface area contributed by atoms with E-state index in [1.54, 1.807) is 31.2 Å². The van der Waals surface area contributed by atoms with Gasteiger partial charge in [-0.3, -0.25) is 14.4 Å². The quantitative estimate of drug-likeness (QED) is 0.723. The largest absolute Gasteiger partial charge is 0.478 e. The molecule has 3 amide bonds. The Morgan fingerprint density at radius 1 is 1.35 bits per heavy atom. The van der Waals surface area contributed by atoms with E-state index in [2.05, 4.69) is 16.0 Å². The number of carbonyl (C=O) groups is 3. The Kier molecular flexibility index (Phi) is 5.56. The van der Waals surface area contributed by atoms with E-state index in [4.69, 9.17) is 4.74 Å². The molecule has 1 aliphatic heterocycles. The number of amides is 3. The number of fused-ring (bicyclic) bond motifs is 1. The first-order valence-electron chi connectivity index (χ1n) is 7.65. The zero-order valence-corrected chi connectivity index (χ0v) is 13.2. The van der Waals surface area contributed by atoms with Crippen molar-refractivity contribution >= 4 is 23.4 Å². The van der Waals surface area contributed by atoms with E-state index < -0.39 is 18.1 Å². The Balaban J connectivity index is 1.88. The number of hydrogen-bond acceptors (Lipinski definition) is 4. The number of ether oxygens (including phenoxy) is 1. The van der Waals surface area contributed by atoms with Crippen molar-refractivity contribution in [3.05, 3.63) is 24.3 Å². The first-order chi connectivity index (χ1) is 11.0. The Morgan fingerprint density at radius 3 is 2.83 bits per heavy atom. The number of para-hydroxylation sites is 2. The zero-order chi connectivity index (χ0) is 16.8. The summed E-state index contributed by atoms with van der Waals surface area (Å²) in [4.78, 5) is 35.7. The monoisotopic (exact) mass is 319 g/mol. The van der Waals surface area contributed by atoms with Crippen molar-refractivity contribution in [2.24, 2.45) is 0 Å². The molecule has 7 heteroatoms. The SMILES string of the molecule is CCCNC(=O)[C@H](C)NC(=O)C[C@H]1Oc2ccccc2NC1=O. The van der Waals surface area contributed by atoms with Crippen LogP contribution in [0, 0.1) is 0 Å². The van der Waals surface area contributed by atoms with Gasteiger partial charge in [0.05, 0.1) is 12.1 Å². The third-order valence-electron chi connectivity index (χ3n) is 3.40. The number of anilines is 1. The predicted octanol–water partition coefficient (Wildman–Crippen LogP) is 0.807. The van der Waals surface area contributed by atoms with Crippen molar-refractivity contribution < 1.29 is 19.1 Å². The van der Waals surface area contributed by atoms with E-state index in [9.17, 15) is 14.4 Å². The van der Waals surface area contributed by atoms with Crippen LogP contribution in [-0.2, 0) is 14.4 Å². The lowest BCUT2D eigenvalue weighted by molar-refractivity contribution is -0.132. The van der Waals surface area contributed by atoms with Gasteiger partial charge in [0.1, 0.15) is 11.8 Å². The predicted molar refractivity (Wildman–Crippen MR) is 85.0 cm³/mol. The maximum Gasteiger partial charge on any atom is 0.266 e. The van der Waals surface area contributed by atoms with Crippen molar-refractivity contribution in [1.29, 1.82) is 0 Å². The molecule has 1 heterocycles. The van der Waals surface area contributed by atoms with Gasteiger partial charge in [-0.05, 0) is 25.5 Å². The molecular weight excluding hydrogens is 298 g/mol. The first kappa shape index (κ1) is 16.8. The number of nitrogens with one attached hydrogen (secondary N) is 3. The normalized spacial score (nSPS) is 17.3. The van der Waals surface area contributed by atoms with Crippen LogP contribution >= 0.6 is 0 Å². The molecular formula is C16H21N3O4. The van der Waals surface area contributed by atoms with Crippen molar-refractivity contribution in [3.63, 3.8) is 0 Å². The third-order valence-corrected chi connectivity index (χ3v) is 3.40. The minimum atomic E-state index is -0.907. The van der Waals surface area contributed by atoms with Crippen LogP contribution in [-0.4, -0.2) is 36.4 Å². The van der Waals surface area contributed by atoms with Crippen molar-refractivity contribution in [1.82, 2.24) is 10.6 Å². The van der Waals surface area contributed by atoms with Crippen LogP contribution in [0.25, 0.3) is 0 Å². The molecule has 0 spiro atoms. The summed E-state index contributed by atoms with van der Waals surface area (Å²) in [6.07, 6.45) is -0.233. The van der Waals surface area contributed by atoms with Crippen molar-refractivity contribution in [3.8, 4) is 5.75 Å². The molecule has 0 bridgehead atoms. The molecule has 0 fully saturated rings. The molecule has 3 N–H and O–H groups in total. The van der Waals surface area contributed by atoms with E-state index in [0.29, 0.717) is 18.0 Å². The maximum absolute atomic E-state index is 12.0. The molecule has 1 aliphatic rings. The van der Waals surface area contributed by atoms with Gasteiger partial charge < -0.3 is 20.7 Å². The lowest BCUT2D eigenvalue weighted by Crippen LogP contribution is -2.47. The fourth-order valence-corrected chi connectivity index (χ4v) is 2.16. The van der Waals surface area contributed by atoms with Gasteiger partial charge in [0.25, 0.3) is 5.91 Å². The van der Waals surface area contributed by atoms with Gasteiger partial charge in [-0.25, -0.2) is 0 Å². The second kappa shape index (κ2) is 7.62. The second-order valence-electron chi connectivity index (χ2n) is 5.38. The van der Waals surface area contributed by atoms with E-state index in [0.717, 1.165) is 6.42 Å². The smallest absolute Gasteiger partial charge is 0.266 e. The molecule has 1 aromatic carbocycles. The van der Waals surface area contributed by atoms with Gasteiger partial charge in [-0.2, -0.15) is 0 Å². The van der Waals surface area contributed by atoms with Crippen molar-refractivity contribution in [2.75, 3.05) is 11.9 Å². The fraction of sp³-hybridized carbons (Fsp3) is 0.438. The molecule has 124 valence electrons. The summed E-state index contributed by atoms with van der Waals surface area (Å²) in [5.41, 5.74) is 0.585. The molecule has 1 aromatic rings. The average molecular weight is 319 g/mol. The summed E-state index contributed by atoms with van der Waals surface area (Å²) in [7, 11) is 0. The van der Waals surface area contributed by atoms with Crippen molar-refractivity contribution in [2.45, 2.75) is 38.8 Å². The lowest BCUT2D eigenvalue weighted by Gasteiger charge is -2.25. The van der Waals surface area contributed by atoms with Gasteiger partial charge >= 0.3 is 0 Å². The minimum absolute atomic E-state index is 0.147. The Bertz CT molecular complexity index is 603. The first-order valence-corrected chi connectivity index (χ1v) is 7.65. The summed E-state index contributed by atoms with van der Waals surface area (Å²) < 4.78 is 5.55. The van der Waals surface area contributed by atoms with Gasteiger partial charge in [0, 0.05) is 6.54 Å². The molecule has 0 aromatic heterocycles. The van der Waals surface area contributed by atoms with Crippen LogP contribution in [0.1, 0.15) is 26.7 Å². The summed E-state index contributed by atoms with van der Waals surface area (Å²) in [5.74, 6) is -0.510. The van der Waals surface area contributed by atoms with Crippen LogP contribution in [0.3, 0.4) is 0 Å². The highest BCUT2D eigenvalue weighted by molar-refractivity contribution is 6.00. The molecule has 2 rings (SSSR count). The Labute approximate surface area is 134 Å². The summed E-state index contributed by atoms with van der Waals surface area (Å²) in [5, 5.41) is 7.96. The number of benzene rings is 1. The number of rotatable bonds is 6. The van der Waals surface area contributed by atoms with Crippen LogP contribution in [0.15, 0.2) is 24.3 Å². The molecule has 23 heavy (non-hydrogen) atoms. The van der Waals surface area contributed by atoms with E-state index >= 15 is 0 Å². The van der Waals surface area contributed by atoms with Gasteiger partial charge in [0.15, 0.2) is 6.10 Å². The molecule has 0 unspecified atom stereocenters. The zero-order valence-electron chi connectivity index (χ0n) is 13.2. The fourth-order valence-electron chi connectivity index (χ4n) is 2.16.